The second kappa shape index (κ2) is 7.60. The van der Waals surface area contributed by atoms with Gasteiger partial charge < -0.3 is 19.4 Å². The Morgan fingerprint density at radius 1 is 1.30 bits per heavy atom. The minimum atomic E-state index is -0.430. The summed E-state index contributed by atoms with van der Waals surface area (Å²) in [6.07, 6.45) is 1.62. The molecule has 1 amide bonds. The number of quaternary nitrogens is 1. The molecular formula is C17H21N2O4+. The molecule has 0 radical (unpaired) electrons. The van der Waals surface area contributed by atoms with Crippen molar-refractivity contribution in [2.75, 3.05) is 26.0 Å². The molecule has 0 saturated carbocycles. The topological polar surface area (TPSA) is 73.0 Å². The van der Waals surface area contributed by atoms with Gasteiger partial charge in [0.05, 0.1) is 26.0 Å². The number of esters is 1. The zero-order valence-corrected chi connectivity index (χ0v) is 13.5. The number of carbonyl (C=O) groups excluding carboxylic acids is 2. The number of anilines is 1. The summed E-state index contributed by atoms with van der Waals surface area (Å²) in [5.74, 6) is 0.277. The van der Waals surface area contributed by atoms with Gasteiger partial charge >= 0.3 is 5.97 Å². The van der Waals surface area contributed by atoms with Crippen molar-refractivity contribution < 1.29 is 23.6 Å². The molecule has 6 nitrogen and oxygen atoms in total. The lowest BCUT2D eigenvalue weighted by Crippen LogP contribution is -3.08. The van der Waals surface area contributed by atoms with Crippen LogP contribution in [0.2, 0.25) is 0 Å². The molecule has 0 fully saturated rings. The molecule has 0 saturated heterocycles. The first-order valence-electron chi connectivity index (χ1n) is 7.32. The third kappa shape index (κ3) is 4.69. The van der Waals surface area contributed by atoms with Crippen LogP contribution < -0.4 is 10.2 Å². The molecule has 6 heteroatoms. The summed E-state index contributed by atoms with van der Waals surface area (Å²) in [6, 6.07) is 8.78. The SMILES string of the molecule is COC(=O)c1ccc(C)c(NC(=O)C[NH+](C)Cc2ccco2)c1. The highest BCUT2D eigenvalue weighted by Crippen LogP contribution is 2.17. The van der Waals surface area contributed by atoms with Crippen LogP contribution >= 0.6 is 0 Å². The average molecular weight is 317 g/mol. The summed E-state index contributed by atoms with van der Waals surface area (Å²) in [5.41, 5.74) is 1.91. The fourth-order valence-electron chi connectivity index (χ4n) is 2.24. The van der Waals surface area contributed by atoms with Gasteiger partial charge in [-0.2, -0.15) is 0 Å². The summed E-state index contributed by atoms with van der Waals surface area (Å²) >= 11 is 0. The highest BCUT2D eigenvalue weighted by atomic mass is 16.5. The van der Waals surface area contributed by atoms with Gasteiger partial charge in [0.15, 0.2) is 12.3 Å². The van der Waals surface area contributed by atoms with E-state index in [2.05, 4.69) is 5.32 Å². The van der Waals surface area contributed by atoms with Crippen molar-refractivity contribution in [3.63, 3.8) is 0 Å². The van der Waals surface area contributed by atoms with Crippen LogP contribution in [-0.2, 0) is 16.1 Å². The molecule has 2 aromatic rings. The number of rotatable bonds is 6. The number of hydrogen-bond donors (Lipinski definition) is 2. The molecule has 2 rings (SSSR count). The lowest BCUT2D eigenvalue weighted by molar-refractivity contribution is -0.886. The van der Waals surface area contributed by atoms with E-state index < -0.39 is 5.97 Å². The van der Waals surface area contributed by atoms with Gasteiger partial charge in [-0.1, -0.05) is 6.07 Å². The largest absolute Gasteiger partial charge is 0.465 e. The smallest absolute Gasteiger partial charge is 0.337 e. The maximum Gasteiger partial charge on any atom is 0.337 e. The fourth-order valence-corrected chi connectivity index (χ4v) is 2.24. The molecule has 0 bridgehead atoms. The molecule has 23 heavy (non-hydrogen) atoms. The van der Waals surface area contributed by atoms with Crippen LogP contribution in [0, 0.1) is 6.92 Å². The maximum atomic E-state index is 12.2. The van der Waals surface area contributed by atoms with Crippen LogP contribution in [0.1, 0.15) is 21.7 Å². The number of hydrogen-bond acceptors (Lipinski definition) is 4. The molecule has 122 valence electrons. The Labute approximate surface area is 135 Å². The van der Waals surface area contributed by atoms with Gasteiger partial charge in [-0.05, 0) is 36.8 Å². The third-order valence-corrected chi connectivity index (χ3v) is 3.45. The Morgan fingerprint density at radius 3 is 2.74 bits per heavy atom. The number of likely N-dealkylation sites (N-methyl/N-ethyl adjacent to an activating group) is 1. The number of benzene rings is 1. The second-order valence-electron chi connectivity index (χ2n) is 5.46. The number of methoxy groups -OCH3 is 1. The van der Waals surface area contributed by atoms with E-state index in [1.54, 1.807) is 24.5 Å². The number of nitrogens with one attached hydrogen (secondary N) is 2. The van der Waals surface area contributed by atoms with Crippen LogP contribution in [-0.4, -0.2) is 32.6 Å². The molecule has 1 unspecified atom stereocenters. The number of aryl methyl sites for hydroxylation is 1. The second-order valence-corrected chi connectivity index (χ2v) is 5.46. The van der Waals surface area contributed by atoms with E-state index in [9.17, 15) is 9.59 Å². The van der Waals surface area contributed by atoms with Crippen molar-refractivity contribution in [2.24, 2.45) is 0 Å². The predicted molar refractivity (Wildman–Crippen MR) is 85.3 cm³/mol. The molecule has 0 aliphatic heterocycles. The quantitative estimate of drug-likeness (QED) is 0.781. The van der Waals surface area contributed by atoms with E-state index in [1.807, 2.05) is 26.1 Å². The summed E-state index contributed by atoms with van der Waals surface area (Å²) in [6.45, 7) is 2.79. The van der Waals surface area contributed by atoms with Gasteiger partial charge in [-0.3, -0.25) is 4.79 Å². The standard InChI is InChI=1S/C17H20N2O4/c1-12-6-7-13(17(21)22-3)9-15(12)18-16(20)11-19(2)10-14-5-4-8-23-14/h4-9H,10-11H2,1-3H3,(H,18,20)/p+1. The van der Waals surface area contributed by atoms with Gasteiger partial charge in [-0.15, -0.1) is 0 Å². The first kappa shape index (κ1) is 16.8. The third-order valence-electron chi connectivity index (χ3n) is 3.45. The molecule has 0 aliphatic rings. The van der Waals surface area contributed by atoms with Crippen LogP contribution in [0.4, 0.5) is 5.69 Å². The predicted octanol–water partition coefficient (Wildman–Crippen LogP) is 1.03. The van der Waals surface area contributed by atoms with Crippen molar-refractivity contribution in [1.82, 2.24) is 0 Å². The molecule has 0 aliphatic carbocycles. The number of amides is 1. The lowest BCUT2D eigenvalue weighted by atomic mass is 10.1. The Bertz CT molecular complexity index is 680. The van der Waals surface area contributed by atoms with Gasteiger partial charge in [-0.25, -0.2) is 4.79 Å². The monoisotopic (exact) mass is 317 g/mol. The van der Waals surface area contributed by atoms with Gasteiger partial charge in [0, 0.05) is 5.69 Å². The summed E-state index contributed by atoms with van der Waals surface area (Å²) in [5, 5.41) is 2.84. The Morgan fingerprint density at radius 2 is 2.09 bits per heavy atom. The Balaban J connectivity index is 1.98. The summed E-state index contributed by atoms with van der Waals surface area (Å²) < 4.78 is 9.97. The van der Waals surface area contributed by atoms with Crippen molar-refractivity contribution in [2.45, 2.75) is 13.5 Å². The van der Waals surface area contributed by atoms with Crippen LogP contribution in [0.3, 0.4) is 0 Å². The lowest BCUT2D eigenvalue weighted by Gasteiger charge is -2.14. The molecule has 1 aromatic heterocycles. The highest BCUT2D eigenvalue weighted by Gasteiger charge is 2.14. The van der Waals surface area contributed by atoms with E-state index in [-0.39, 0.29) is 5.91 Å². The maximum absolute atomic E-state index is 12.2. The van der Waals surface area contributed by atoms with E-state index in [4.69, 9.17) is 9.15 Å². The fraction of sp³-hybridized carbons (Fsp3) is 0.294. The minimum absolute atomic E-state index is 0.126. The van der Waals surface area contributed by atoms with Gasteiger partial charge in [0.2, 0.25) is 0 Å². The van der Waals surface area contributed by atoms with Crippen LogP contribution in [0.15, 0.2) is 41.0 Å². The van der Waals surface area contributed by atoms with E-state index >= 15 is 0 Å². The molecule has 0 spiro atoms. The number of ether oxygens (including phenoxy) is 1. The van der Waals surface area contributed by atoms with E-state index in [0.29, 0.717) is 24.3 Å². The summed E-state index contributed by atoms with van der Waals surface area (Å²) in [4.78, 5) is 24.7. The Hall–Kier alpha value is -2.60. The van der Waals surface area contributed by atoms with Gasteiger partial charge in [0.25, 0.3) is 5.91 Å². The van der Waals surface area contributed by atoms with Crippen molar-refractivity contribution >= 4 is 17.6 Å². The Kier molecular flexibility index (Phi) is 5.54. The molecule has 1 aromatic carbocycles. The normalized spacial score (nSPS) is 11.8. The first-order valence-corrected chi connectivity index (χ1v) is 7.32. The first-order chi connectivity index (χ1) is 11.0. The van der Waals surface area contributed by atoms with Crippen molar-refractivity contribution in [3.05, 3.63) is 53.5 Å². The van der Waals surface area contributed by atoms with Crippen LogP contribution in [0.5, 0.6) is 0 Å². The van der Waals surface area contributed by atoms with E-state index in [0.717, 1.165) is 16.2 Å². The minimum Gasteiger partial charge on any atom is -0.465 e. The molecule has 1 heterocycles. The number of furan rings is 1. The number of carbonyl (C=O) groups is 2. The highest BCUT2D eigenvalue weighted by molar-refractivity contribution is 5.95. The summed E-state index contributed by atoms with van der Waals surface area (Å²) in [7, 11) is 3.24. The zero-order chi connectivity index (χ0) is 16.8. The average Bonchev–Trinajstić information content (AvgIpc) is 3.01. The molecule has 2 N–H and O–H groups in total. The van der Waals surface area contributed by atoms with Crippen LogP contribution in [0.25, 0.3) is 0 Å². The molecular weight excluding hydrogens is 296 g/mol. The van der Waals surface area contributed by atoms with E-state index in [1.165, 1.54) is 7.11 Å². The van der Waals surface area contributed by atoms with Crippen molar-refractivity contribution in [3.8, 4) is 0 Å². The molecule has 1 atom stereocenters. The zero-order valence-electron chi connectivity index (χ0n) is 13.5. The van der Waals surface area contributed by atoms with Crippen molar-refractivity contribution in [1.29, 1.82) is 0 Å². The van der Waals surface area contributed by atoms with Gasteiger partial charge in [0.1, 0.15) is 6.54 Å².